The van der Waals surface area contributed by atoms with Crippen LogP contribution in [0.3, 0.4) is 0 Å². The fourth-order valence-electron chi connectivity index (χ4n) is 3.87. The average Bonchev–Trinajstić information content (AvgIpc) is 3.20. The Morgan fingerprint density at radius 3 is 2.45 bits per heavy atom. The smallest absolute Gasteiger partial charge is 0.251 e. The maximum Gasteiger partial charge on any atom is 0.251 e. The Morgan fingerprint density at radius 1 is 0.966 bits per heavy atom. The van der Waals surface area contributed by atoms with Crippen molar-refractivity contribution in [2.45, 2.75) is 32.4 Å². The van der Waals surface area contributed by atoms with Gasteiger partial charge in [0, 0.05) is 33.9 Å². The third-order valence-corrected chi connectivity index (χ3v) is 5.97. The molecule has 0 fully saturated rings. The number of aromatic nitrogens is 1. The zero-order valence-electron chi connectivity index (χ0n) is 15.8. The van der Waals surface area contributed by atoms with Crippen molar-refractivity contribution in [3.8, 4) is 11.1 Å². The highest BCUT2D eigenvalue weighted by Crippen LogP contribution is 2.34. The van der Waals surface area contributed by atoms with Gasteiger partial charge in [-0.15, -0.1) is 0 Å². The van der Waals surface area contributed by atoms with Crippen molar-refractivity contribution < 1.29 is 4.79 Å². The molecule has 1 heterocycles. The molecule has 29 heavy (non-hydrogen) atoms. The first kappa shape index (κ1) is 19.7. The lowest BCUT2D eigenvalue weighted by Crippen LogP contribution is -2.33. The fraction of sp³-hybridized carbons (Fsp3) is 0.217. The van der Waals surface area contributed by atoms with Gasteiger partial charge in [-0.25, -0.2) is 0 Å². The maximum absolute atomic E-state index is 12.9. The van der Waals surface area contributed by atoms with Crippen LogP contribution in [-0.4, -0.2) is 10.5 Å². The minimum absolute atomic E-state index is 0.00553. The minimum Gasteiger partial charge on any atom is -0.350 e. The molecule has 0 saturated heterocycles. The van der Waals surface area contributed by atoms with Crippen LogP contribution in [0.5, 0.6) is 0 Å². The molecule has 0 aliphatic heterocycles. The van der Waals surface area contributed by atoms with Crippen molar-refractivity contribution in [1.29, 1.82) is 0 Å². The highest BCUT2D eigenvalue weighted by molar-refractivity contribution is 6.33. The van der Waals surface area contributed by atoms with E-state index in [1.807, 2.05) is 42.5 Å². The molecule has 0 spiro atoms. The third kappa shape index (κ3) is 4.09. The number of halogens is 2. The first-order valence-electron chi connectivity index (χ1n) is 9.55. The fourth-order valence-corrected chi connectivity index (χ4v) is 4.31. The first-order chi connectivity index (χ1) is 14.0. The average molecular weight is 427 g/mol. The first-order valence-corrected chi connectivity index (χ1v) is 10.3. The number of carbonyl (C=O) groups is 1. The molecule has 6 heteroatoms. The van der Waals surface area contributed by atoms with Crippen molar-refractivity contribution in [2.24, 2.45) is 0 Å². The molecule has 1 aliphatic carbocycles. The molecular weight excluding hydrogens is 407 g/mol. The molecule has 0 radical (unpaired) electrons. The topological polar surface area (TPSA) is 51.1 Å². The van der Waals surface area contributed by atoms with Crippen molar-refractivity contribution in [1.82, 2.24) is 9.88 Å². The Balaban J connectivity index is 1.60. The number of hydrogen-bond donors (Lipinski definition) is 1. The van der Waals surface area contributed by atoms with Gasteiger partial charge in [0.2, 0.25) is 5.91 Å². The zero-order valence-corrected chi connectivity index (χ0v) is 17.3. The van der Waals surface area contributed by atoms with Gasteiger partial charge >= 0.3 is 0 Å². The second-order valence-corrected chi connectivity index (χ2v) is 7.92. The van der Waals surface area contributed by atoms with E-state index in [0.29, 0.717) is 16.6 Å². The van der Waals surface area contributed by atoms with Gasteiger partial charge in [0.05, 0.1) is 0 Å². The molecule has 4 rings (SSSR count). The van der Waals surface area contributed by atoms with Gasteiger partial charge in [0.15, 0.2) is 0 Å². The third-order valence-electron chi connectivity index (χ3n) is 5.27. The van der Waals surface area contributed by atoms with Crippen LogP contribution in [0.1, 0.15) is 23.2 Å². The van der Waals surface area contributed by atoms with Gasteiger partial charge < -0.3 is 9.88 Å². The number of benzene rings is 2. The summed E-state index contributed by atoms with van der Waals surface area (Å²) in [5.41, 5.74) is 4.43. The quantitative estimate of drug-likeness (QED) is 0.646. The summed E-state index contributed by atoms with van der Waals surface area (Å²) in [5.74, 6) is -0.216. The number of pyridine rings is 1. The summed E-state index contributed by atoms with van der Waals surface area (Å²) in [5, 5.41) is 4.09. The van der Waals surface area contributed by atoms with Crippen LogP contribution >= 0.6 is 23.2 Å². The summed E-state index contributed by atoms with van der Waals surface area (Å²) >= 11 is 12.5. The number of hydrogen-bond acceptors (Lipinski definition) is 2. The molecule has 1 aromatic heterocycles. The van der Waals surface area contributed by atoms with E-state index < -0.39 is 0 Å². The Labute approximate surface area is 179 Å². The van der Waals surface area contributed by atoms with Crippen LogP contribution < -0.4 is 10.9 Å². The predicted octanol–water partition coefficient (Wildman–Crippen LogP) is 4.63. The molecule has 3 aromatic rings. The number of amides is 1. The molecule has 0 saturated carbocycles. The van der Waals surface area contributed by atoms with Crippen molar-refractivity contribution in [3.63, 3.8) is 0 Å². The molecule has 0 bridgehead atoms. The Kier molecular flexibility index (Phi) is 5.74. The molecular formula is C23H20Cl2N2O2. The van der Waals surface area contributed by atoms with E-state index in [9.17, 15) is 9.59 Å². The molecule has 1 N–H and O–H groups in total. The molecule has 148 valence electrons. The van der Waals surface area contributed by atoms with Crippen LogP contribution in [0.15, 0.2) is 59.4 Å². The monoisotopic (exact) mass is 426 g/mol. The normalized spacial score (nSPS) is 12.6. The Bertz CT molecular complexity index is 1140. The number of rotatable bonds is 5. The SMILES string of the molecule is O=C(Cn1c2c(c(-c3ccccc3Cl)cc1=O)CCC2)NCc1ccccc1Cl. The summed E-state index contributed by atoms with van der Waals surface area (Å²) in [6.45, 7) is 0.321. The van der Waals surface area contributed by atoms with E-state index in [-0.39, 0.29) is 18.0 Å². The van der Waals surface area contributed by atoms with Gasteiger partial charge in [-0.1, -0.05) is 59.6 Å². The lowest BCUT2D eigenvalue weighted by Gasteiger charge is -2.16. The molecule has 0 atom stereocenters. The van der Waals surface area contributed by atoms with Crippen LogP contribution in [0.2, 0.25) is 10.0 Å². The van der Waals surface area contributed by atoms with Crippen molar-refractivity contribution in [2.75, 3.05) is 0 Å². The maximum atomic E-state index is 12.9. The summed E-state index contributed by atoms with van der Waals surface area (Å²) in [4.78, 5) is 25.4. The lowest BCUT2D eigenvalue weighted by molar-refractivity contribution is -0.121. The van der Waals surface area contributed by atoms with Crippen LogP contribution in [0, 0.1) is 0 Å². The van der Waals surface area contributed by atoms with E-state index in [4.69, 9.17) is 23.2 Å². The van der Waals surface area contributed by atoms with Crippen LogP contribution in [-0.2, 0) is 30.7 Å². The second kappa shape index (κ2) is 8.44. The predicted molar refractivity (Wildman–Crippen MR) is 116 cm³/mol. The summed E-state index contributed by atoms with van der Waals surface area (Å²) in [7, 11) is 0. The largest absolute Gasteiger partial charge is 0.350 e. The highest BCUT2D eigenvalue weighted by Gasteiger charge is 2.23. The Morgan fingerprint density at radius 2 is 1.69 bits per heavy atom. The van der Waals surface area contributed by atoms with Crippen LogP contribution in [0.25, 0.3) is 11.1 Å². The highest BCUT2D eigenvalue weighted by atomic mass is 35.5. The van der Waals surface area contributed by atoms with Gasteiger partial charge in [0.1, 0.15) is 6.54 Å². The van der Waals surface area contributed by atoms with Crippen LogP contribution in [0.4, 0.5) is 0 Å². The van der Waals surface area contributed by atoms with E-state index in [1.165, 1.54) is 0 Å². The standard InChI is InChI=1S/C23H20Cl2N2O2/c24-19-9-3-1-6-15(19)13-26-22(28)14-27-21-11-5-8-17(21)18(12-23(27)29)16-7-2-4-10-20(16)25/h1-4,6-7,9-10,12H,5,8,11,13-14H2,(H,26,28). The second-order valence-electron chi connectivity index (χ2n) is 7.11. The number of nitrogens with zero attached hydrogens (tertiary/aromatic N) is 1. The van der Waals surface area contributed by atoms with Gasteiger partial charge in [-0.3, -0.25) is 9.59 Å². The molecule has 0 unspecified atom stereocenters. The summed E-state index contributed by atoms with van der Waals surface area (Å²) in [6.07, 6.45) is 2.61. The van der Waals surface area contributed by atoms with E-state index in [0.717, 1.165) is 47.2 Å². The molecule has 2 aromatic carbocycles. The molecule has 4 nitrogen and oxygen atoms in total. The number of carbonyl (C=O) groups excluding carboxylic acids is 1. The summed E-state index contributed by atoms with van der Waals surface area (Å²) in [6, 6.07) is 16.5. The van der Waals surface area contributed by atoms with Crippen molar-refractivity contribution >= 4 is 29.1 Å². The van der Waals surface area contributed by atoms with Gasteiger partial charge in [-0.05, 0) is 48.1 Å². The number of fused-ring (bicyclic) bond motifs is 1. The zero-order chi connectivity index (χ0) is 20.4. The van der Waals surface area contributed by atoms with E-state index in [2.05, 4.69) is 5.32 Å². The molecule has 1 amide bonds. The lowest BCUT2D eigenvalue weighted by atomic mass is 9.99. The Hall–Kier alpha value is -2.56. The van der Waals surface area contributed by atoms with Gasteiger partial charge in [0.25, 0.3) is 5.56 Å². The van der Waals surface area contributed by atoms with Gasteiger partial charge in [-0.2, -0.15) is 0 Å². The van der Waals surface area contributed by atoms with E-state index in [1.54, 1.807) is 16.7 Å². The minimum atomic E-state index is -0.216. The summed E-state index contributed by atoms with van der Waals surface area (Å²) < 4.78 is 1.59. The number of nitrogens with one attached hydrogen (secondary N) is 1. The molecule has 1 aliphatic rings. The van der Waals surface area contributed by atoms with Crippen molar-refractivity contribution in [3.05, 3.63) is 91.8 Å². The van der Waals surface area contributed by atoms with E-state index >= 15 is 0 Å².